The Balaban J connectivity index is 1.77. The molecule has 1 aliphatic carbocycles. The molecular weight excluding hydrogens is 308 g/mol. The third-order valence-electron chi connectivity index (χ3n) is 4.25. The highest BCUT2D eigenvalue weighted by atomic mass is 32.1. The second-order valence-corrected chi connectivity index (χ2v) is 7.13. The molecule has 1 fully saturated rings. The molecule has 3 aromatic rings. The molecule has 0 N–H and O–H groups in total. The molecule has 0 unspecified atom stereocenters. The second-order valence-electron chi connectivity index (χ2n) is 6.15. The SMILES string of the molecule is Cc1ccc(C)c2sc(N(Cc3ccco3)C(=O)C3CC3)nc12. The van der Waals surface area contributed by atoms with Crippen LogP contribution in [0.4, 0.5) is 5.13 Å². The fourth-order valence-corrected chi connectivity index (χ4v) is 3.83. The number of benzene rings is 1. The number of anilines is 1. The van der Waals surface area contributed by atoms with Gasteiger partial charge in [-0.25, -0.2) is 4.98 Å². The number of fused-ring (bicyclic) bond motifs is 1. The summed E-state index contributed by atoms with van der Waals surface area (Å²) < 4.78 is 6.60. The maximum absolute atomic E-state index is 12.7. The van der Waals surface area contributed by atoms with Crippen LogP contribution in [-0.2, 0) is 11.3 Å². The molecule has 0 saturated heterocycles. The molecule has 0 aliphatic heterocycles. The zero-order valence-corrected chi connectivity index (χ0v) is 14.0. The lowest BCUT2D eigenvalue weighted by molar-refractivity contribution is -0.120. The number of aromatic nitrogens is 1. The average Bonchev–Trinajstić information content (AvgIpc) is 3.08. The van der Waals surface area contributed by atoms with E-state index in [0.29, 0.717) is 6.54 Å². The van der Waals surface area contributed by atoms with Crippen LogP contribution in [0.15, 0.2) is 34.9 Å². The fraction of sp³-hybridized carbons (Fsp3) is 0.333. The number of aryl methyl sites for hydroxylation is 2. The quantitative estimate of drug-likeness (QED) is 0.711. The summed E-state index contributed by atoms with van der Waals surface area (Å²) in [6.07, 6.45) is 3.61. The predicted octanol–water partition coefficient (Wildman–Crippen LogP) is 4.45. The highest BCUT2D eigenvalue weighted by molar-refractivity contribution is 7.22. The molecule has 5 heteroatoms. The standard InChI is InChI=1S/C18H18N2O2S/c1-11-5-6-12(2)16-15(11)19-18(23-16)20(17(21)13-7-8-13)10-14-4-3-9-22-14/h3-6,9,13H,7-8,10H2,1-2H3. The summed E-state index contributed by atoms with van der Waals surface area (Å²) >= 11 is 1.59. The van der Waals surface area contributed by atoms with E-state index in [2.05, 4.69) is 26.0 Å². The van der Waals surface area contributed by atoms with Crippen molar-refractivity contribution in [2.45, 2.75) is 33.2 Å². The largest absolute Gasteiger partial charge is 0.467 e. The van der Waals surface area contributed by atoms with E-state index in [-0.39, 0.29) is 11.8 Å². The fourth-order valence-electron chi connectivity index (χ4n) is 2.71. The minimum Gasteiger partial charge on any atom is -0.467 e. The third-order valence-corrected chi connectivity index (χ3v) is 5.46. The van der Waals surface area contributed by atoms with Gasteiger partial charge in [-0.1, -0.05) is 23.5 Å². The van der Waals surface area contributed by atoms with Crippen LogP contribution in [0, 0.1) is 19.8 Å². The van der Waals surface area contributed by atoms with Crippen molar-refractivity contribution in [1.29, 1.82) is 0 Å². The maximum Gasteiger partial charge on any atom is 0.232 e. The normalized spacial score (nSPS) is 14.3. The first kappa shape index (κ1) is 14.5. The highest BCUT2D eigenvalue weighted by Gasteiger charge is 2.35. The van der Waals surface area contributed by atoms with E-state index in [9.17, 15) is 4.79 Å². The first-order valence-corrected chi connectivity index (χ1v) is 8.65. The third kappa shape index (κ3) is 2.65. The van der Waals surface area contributed by atoms with Gasteiger partial charge in [0.2, 0.25) is 5.91 Å². The van der Waals surface area contributed by atoms with Gasteiger partial charge in [-0.3, -0.25) is 9.69 Å². The molecule has 0 bridgehead atoms. The van der Waals surface area contributed by atoms with Gasteiger partial charge in [0.05, 0.1) is 23.0 Å². The van der Waals surface area contributed by atoms with Gasteiger partial charge in [0.25, 0.3) is 0 Å². The minimum atomic E-state index is 0.152. The highest BCUT2D eigenvalue weighted by Crippen LogP contribution is 2.38. The van der Waals surface area contributed by atoms with E-state index in [1.54, 1.807) is 22.5 Å². The van der Waals surface area contributed by atoms with Gasteiger partial charge in [0, 0.05) is 5.92 Å². The Bertz CT molecular complexity index is 824. The number of rotatable bonds is 4. The van der Waals surface area contributed by atoms with Gasteiger partial charge in [-0.2, -0.15) is 0 Å². The average molecular weight is 326 g/mol. The van der Waals surface area contributed by atoms with Gasteiger partial charge < -0.3 is 4.42 Å². The van der Waals surface area contributed by atoms with Crippen molar-refractivity contribution in [3.05, 3.63) is 47.4 Å². The van der Waals surface area contributed by atoms with E-state index in [1.165, 1.54) is 5.56 Å². The van der Waals surface area contributed by atoms with Crippen molar-refractivity contribution < 1.29 is 9.21 Å². The van der Waals surface area contributed by atoms with E-state index in [0.717, 1.165) is 39.5 Å². The van der Waals surface area contributed by atoms with E-state index in [4.69, 9.17) is 9.40 Å². The lowest BCUT2D eigenvalue weighted by atomic mass is 10.1. The number of carbonyl (C=O) groups is 1. The predicted molar refractivity (Wildman–Crippen MR) is 91.7 cm³/mol. The van der Waals surface area contributed by atoms with Crippen molar-refractivity contribution in [2.75, 3.05) is 4.90 Å². The lowest BCUT2D eigenvalue weighted by Gasteiger charge is -2.18. The van der Waals surface area contributed by atoms with Crippen LogP contribution >= 0.6 is 11.3 Å². The van der Waals surface area contributed by atoms with Crippen LogP contribution < -0.4 is 4.90 Å². The van der Waals surface area contributed by atoms with Crippen LogP contribution in [0.2, 0.25) is 0 Å². The lowest BCUT2D eigenvalue weighted by Crippen LogP contribution is -2.31. The van der Waals surface area contributed by atoms with Gasteiger partial charge in [0.1, 0.15) is 5.76 Å². The summed E-state index contributed by atoms with van der Waals surface area (Å²) in [5, 5.41) is 0.769. The molecule has 118 valence electrons. The molecule has 2 heterocycles. The molecule has 1 aliphatic rings. The molecular formula is C18H18N2O2S. The molecule has 23 heavy (non-hydrogen) atoms. The zero-order chi connectivity index (χ0) is 16.0. The van der Waals surface area contributed by atoms with Crippen molar-refractivity contribution in [2.24, 2.45) is 5.92 Å². The Morgan fingerprint density at radius 1 is 1.30 bits per heavy atom. The summed E-state index contributed by atoms with van der Waals surface area (Å²) in [5.41, 5.74) is 3.34. The monoisotopic (exact) mass is 326 g/mol. The summed E-state index contributed by atoms with van der Waals surface area (Å²) in [5.74, 6) is 1.10. The van der Waals surface area contributed by atoms with E-state index >= 15 is 0 Å². The number of hydrogen-bond acceptors (Lipinski definition) is 4. The molecule has 0 radical (unpaired) electrons. The number of furan rings is 1. The van der Waals surface area contributed by atoms with Crippen molar-refractivity contribution in [1.82, 2.24) is 4.98 Å². The van der Waals surface area contributed by atoms with Gasteiger partial charge >= 0.3 is 0 Å². The molecule has 4 nitrogen and oxygen atoms in total. The Hall–Kier alpha value is -2.14. The Morgan fingerprint density at radius 2 is 2.09 bits per heavy atom. The van der Waals surface area contributed by atoms with E-state index in [1.807, 2.05) is 12.1 Å². The first-order chi connectivity index (χ1) is 11.1. The van der Waals surface area contributed by atoms with Gasteiger partial charge in [-0.05, 0) is 49.9 Å². The Kier molecular flexibility index (Phi) is 3.45. The number of thiazole rings is 1. The Morgan fingerprint density at radius 3 is 2.74 bits per heavy atom. The van der Waals surface area contributed by atoms with Crippen LogP contribution in [0.3, 0.4) is 0 Å². The summed E-state index contributed by atoms with van der Waals surface area (Å²) in [6, 6.07) is 7.94. The van der Waals surface area contributed by atoms with Crippen LogP contribution in [0.25, 0.3) is 10.2 Å². The summed E-state index contributed by atoms with van der Waals surface area (Å²) in [4.78, 5) is 19.3. The molecule has 0 spiro atoms. The Labute approximate surface area is 138 Å². The zero-order valence-electron chi connectivity index (χ0n) is 13.2. The number of hydrogen-bond donors (Lipinski definition) is 0. The van der Waals surface area contributed by atoms with Crippen LogP contribution in [0.5, 0.6) is 0 Å². The number of amides is 1. The minimum absolute atomic E-state index is 0.152. The van der Waals surface area contributed by atoms with Crippen molar-refractivity contribution >= 4 is 32.6 Å². The van der Waals surface area contributed by atoms with Crippen LogP contribution in [-0.4, -0.2) is 10.9 Å². The smallest absolute Gasteiger partial charge is 0.232 e. The molecule has 1 amide bonds. The van der Waals surface area contributed by atoms with Crippen molar-refractivity contribution in [3.8, 4) is 0 Å². The summed E-state index contributed by atoms with van der Waals surface area (Å²) in [6.45, 7) is 4.59. The van der Waals surface area contributed by atoms with Crippen LogP contribution in [0.1, 0.15) is 29.7 Å². The maximum atomic E-state index is 12.7. The molecule has 1 saturated carbocycles. The molecule has 1 aromatic carbocycles. The summed E-state index contributed by atoms with van der Waals surface area (Å²) in [7, 11) is 0. The van der Waals surface area contributed by atoms with Gasteiger partial charge in [-0.15, -0.1) is 0 Å². The molecule has 4 rings (SSSR count). The molecule has 2 aromatic heterocycles. The second kappa shape index (κ2) is 5.49. The topological polar surface area (TPSA) is 46.3 Å². The van der Waals surface area contributed by atoms with Gasteiger partial charge in [0.15, 0.2) is 5.13 Å². The number of nitrogens with zero attached hydrogens (tertiary/aromatic N) is 2. The van der Waals surface area contributed by atoms with Crippen molar-refractivity contribution in [3.63, 3.8) is 0 Å². The van der Waals surface area contributed by atoms with E-state index < -0.39 is 0 Å². The first-order valence-electron chi connectivity index (χ1n) is 7.84. The number of carbonyl (C=O) groups excluding carboxylic acids is 1. The molecule has 0 atom stereocenters.